The van der Waals surface area contributed by atoms with Gasteiger partial charge in [-0.3, -0.25) is 4.98 Å². The molecule has 1 aliphatic carbocycles. The van der Waals surface area contributed by atoms with Gasteiger partial charge in [0.05, 0.1) is 17.4 Å². The van der Waals surface area contributed by atoms with Gasteiger partial charge in [0.25, 0.3) is 0 Å². The van der Waals surface area contributed by atoms with Crippen LogP contribution in [-0.4, -0.2) is 36.1 Å². The van der Waals surface area contributed by atoms with E-state index in [2.05, 4.69) is 42.3 Å². The topological polar surface area (TPSA) is 52.0 Å². The van der Waals surface area contributed by atoms with Crippen molar-refractivity contribution in [3.8, 4) is 6.07 Å². The molecule has 2 atom stereocenters. The van der Waals surface area contributed by atoms with Gasteiger partial charge in [-0.05, 0) is 38.9 Å². The molecule has 2 rings (SSSR count). The van der Waals surface area contributed by atoms with Crippen molar-refractivity contribution in [1.29, 1.82) is 5.26 Å². The molecule has 4 nitrogen and oxygen atoms in total. The maximum Gasteiger partial charge on any atom is 0.101 e. The van der Waals surface area contributed by atoms with Crippen LogP contribution in [0.15, 0.2) is 18.5 Å². The number of pyridine rings is 1. The minimum absolute atomic E-state index is 0.181. The Kier molecular flexibility index (Phi) is 4.61. The standard InChI is InChI=1S/C16H24N4/c1-13-5-4-7-16(9-13,20(2)3)12-19-15-11-18-8-6-14(15)10-17/h6,8,11,13,19H,4-5,7,9,12H2,1-3H3. The molecule has 0 saturated heterocycles. The zero-order valence-electron chi connectivity index (χ0n) is 12.7. The number of nitrogens with zero attached hydrogens (tertiary/aromatic N) is 3. The normalized spacial score (nSPS) is 26.2. The fourth-order valence-electron chi connectivity index (χ4n) is 3.25. The Bertz CT molecular complexity index is 491. The van der Waals surface area contributed by atoms with Crippen molar-refractivity contribution in [3.05, 3.63) is 24.0 Å². The third-order valence-corrected chi connectivity index (χ3v) is 4.57. The Morgan fingerprint density at radius 1 is 1.55 bits per heavy atom. The summed E-state index contributed by atoms with van der Waals surface area (Å²) in [6.45, 7) is 3.20. The molecule has 2 unspecified atom stereocenters. The van der Waals surface area contributed by atoms with Crippen molar-refractivity contribution in [2.45, 2.75) is 38.1 Å². The first kappa shape index (κ1) is 14.8. The Morgan fingerprint density at radius 3 is 3.00 bits per heavy atom. The summed E-state index contributed by atoms with van der Waals surface area (Å²) in [4.78, 5) is 6.46. The fourth-order valence-corrected chi connectivity index (χ4v) is 3.25. The molecule has 0 aromatic carbocycles. The molecular formula is C16H24N4. The number of nitrogens with one attached hydrogen (secondary N) is 1. The van der Waals surface area contributed by atoms with E-state index in [1.165, 1.54) is 25.7 Å². The van der Waals surface area contributed by atoms with Crippen LogP contribution in [0, 0.1) is 17.2 Å². The number of hydrogen-bond acceptors (Lipinski definition) is 4. The van der Waals surface area contributed by atoms with Crippen molar-refractivity contribution >= 4 is 5.69 Å². The van der Waals surface area contributed by atoms with Gasteiger partial charge in [0.15, 0.2) is 0 Å². The van der Waals surface area contributed by atoms with Gasteiger partial charge >= 0.3 is 0 Å². The lowest BCUT2D eigenvalue weighted by Crippen LogP contribution is -2.52. The quantitative estimate of drug-likeness (QED) is 0.915. The van der Waals surface area contributed by atoms with Crippen LogP contribution in [0.25, 0.3) is 0 Å². The molecule has 1 aromatic heterocycles. The SMILES string of the molecule is CC1CCCC(CNc2cnccc2C#N)(N(C)C)C1. The molecule has 4 heteroatoms. The van der Waals surface area contributed by atoms with Gasteiger partial charge < -0.3 is 10.2 Å². The molecule has 1 N–H and O–H groups in total. The maximum absolute atomic E-state index is 9.14. The van der Waals surface area contributed by atoms with Gasteiger partial charge in [-0.15, -0.1) is 0 Å². The van der Waals surface area contributed by atoms with E-state index in [9.17, 15) is 0 Å². The highest BCUT2D eigenvalue weighted by Crippen LogP contribution is 2.36. The predicted octanol–water partition coefficient (Wildman–Crippen LogP) is 2.88. The number of aromatic nitrogens is 1. The lowest BCUT2D eigenvalue weighted by atomic mass is 9.75. The van der Waals surface area contributed by atoms with Crippen LogP contribution in [0.1, 0.15) is 38.2 Å². The molecule has 1 saturated carbocycles. The van der Waals surface area contributed by atoms with Gasteiger partial charge in [0.1, 0.15) is 6.07 Å². The van der Waals surface area contributed by atoms with Crippen molar-refractivity contribution < 1.29 is 0 Å². The minimum Gasteiger partial charge on any atom is -0.381 e. The van der Waals surface area contributed by atoms with Gasteiger partial charge in [-0.2, -0.15) is 5.26 Å². The van der Waals surface area contributed by atoms with Crippen LogP contribution in [-0.2, 0) is 0 Å². The van der Waals surface area contributed by atoms with Gasteiger partial charge in [0, 0.05) is 18.3 Å². The highest BCUT2D eigenvalue weighted by atomic mass is 15.2. The molecule has 0 amide bonds. The summed E-state index contributed by atoms with van der Waals surface area (Å²) in [7, 11) is 4.32. The number of nitriles is 1. The number of rotatable bonds is 4. The van der Waals surface area contributed by atoms with Gasteiger partial charge in [-0.1, -0.05) is 19.8 Å². The van der Waals surface area contributed by atoms with Crippen molar-refractivity contribution in [3.63, 3.8) is 0 Å². The van der Waals surface area contributed by atoms with Gasteiger partial charge in [0.2, 0.25) is 0 Å². The van der Waals surface area contributed by atoms with Crippen LogP contribution in [0.4, 0.5) is 5.69 Å². The van der Waals surface area contributed by atoms with E-state index in [-0.39, 0.29) is 5.54 Å². The molecular weight excluding hydrogens is 248 g/mol. The zero-order valence-corrected chi connectivity index (χ0v) is 12.7. The third kappa shape index (κ3) is 3.10. The van der Waals surface area contributed by atoms with E-state index in [4.69, 9.17) is 5.26 Å². The maximum atomic E-state index is 9.14. The van der Waals surface area contributed by atoms with E-state index in [1.807, 2.05) is 0 Å². The lowest BCUT2D eigenvalue weighted by molar-refractivity contribution is 0.0882. The Hall–Kier alpha value is -1.60. The first-order valence-corrected chi connectivity index (χ1v) is 7.33. The highest BCUT2D eigenvalue weighted by Gasteiger charge is 2.36. The highest BCUT2D eigenvalue weighted by molar-refractivity contribution is 5.55. The van der Waals surface area contributed by atoms with E-state index in [0.29, 0.717) is 5.56 Å². The monoisotopic (exact) mass is 272 g/mol. The lowest BCUT2D eigenvalue weighted by Gasteiger charge is -2.45. The number of likely N-dealkylation sites (N-methyl/N-ethyl adjacent to an activating group) is 1. The molecule has 20 heavy (non-hydrogen) atoms. The average molecular weight is 272 g/mol. The molecule has 0 aliphatic heterocycles. The molecule has 0 bridgehead atoms. The second-order valence-corrected chi connectivity index (χ2v) is 6.21. The average Bonchev–Trinajstić information content (AvgIpc) is 2.45. The Labute approximate surface area is 121 Å². The molecule has 1 heterocycles. The summed E-state index contributed by atoms with van der Waals surface area (Å²) in [5.41, 5.74) is 1.69. The zero-order chi connectivity index (χ0) is 14.6. The first-order valence-electron chi connectivity index (χ1n) is 7.33. The Morgan fingerprint density at radius 2 is 2.35 bits per heavy atom. The molecule has 108 valence electrons. The smallest absolute Gasteiger partial charge is 0.101 e. The molecule has 0 spiro atoms. The molecule has 0 radical (unpaired) electrons. The van der Waals surface area contributed by atoms with E-state index < -0.39 is 0 Å². The molecule has 1 aromatic rings. The molecule has 1 aliphatic rings. The van der Waals surface area contributed by atoms with E-state index >= 15 is 0 Å². The van der Waals surface area contributed by atoms with Gasteiger partial charge in [-0.25, -0.2) is 0 Å². The van der Waals surface area contributed by atoms with Crippen molar-refractivity contribution in [1.82, 2.24) is 9.88 Å². The summed E-state index contributed by atoms with van der Waals surface area (Å²) in [6.07, 6.45) is 8.42. The minimum atomic E-state index is 0.181. The largest absolute Gasteiger partial charge is 0.381 e. The summed E-state index contributed by atoms with van der Waals surface area (Å²) >= 11 is 0. The van der Waals surface area contributed by atoms with E-state index in [1.54, 1.807) is 18.5 Å². The fraction of sp³-hybridized carbons (Fsp3) is 0.625. The van der Waals surface area contributed by atoms with Crippen LogP contribution in [0.5, 0.6) is 0 Å². The molecule has 1 fully saturated rings. The van der Waals surface area contributed by atoms with E-state index in [0.717, 1.165) is 18.2 Å². The summed E-state index contributed by atoms with van der Waals surface area (Å²) in [5, 5.41) is 12.6. The Balaban J connectivity index is 2.12. The summed E-state index contributed by atoms with van der Waals surface area (Å²) in [6, 6.07) is 3.98. The number of hydrogen-bond donors (Lipinski definition) is 1. The van der Waals surface area contributed by atoms with Crippen LogP contribution >= 0.6 is 0 Å². The summed E-state index contributed by atoms with van der Waals surface area (Å²) in [5.74, 6) is 0.761. The number of anilines is 1. The van der Waals surface area contributed by atoms with Crippen molar-refractivity contribution in [2.24, 2.45) is 5.92 Å². The third-order valence-electron chi connectivity index (χ3n) is 4.57. The second kappa shape index (κ2) is 6.23. The van der Waals surface area contributed by atoms with Crippen LogP contribution in [0.2, 0.25) is 0 Å². The summed E-state index contributed by atoms with van der Waals surface area (Å²) < 4.78 is 0. The van der Waals surface area contributed by atoms with Crippen LogP contribution < -0.4 is 5.32 Å². The predicted molar refractivity (Wildman–Crippen MR) is 81.5 cm³/mol. The second-order valence-electron chi connectivity index (χ2n) is 6.21. The van der Waals surface area contributed by atoms with Crippen molar-refractivity contribution in [2.75, 3.05) is 26.0 Å². The first-order chi connectivity index (χ1) is 9.57. The van der Waals surface area contributed by atoms with Crippen LogP contribution in [0.3, 0.4) is 0 Å².